The lowest BCUT2D eigenvalue weighted by molar-refractivity contribution is 0.0928. The molecule has 2 aromatic heterocycles. The molecule has 0 unspecified atom stereocenters. The smallest absolute Gasteiger partial charge is 0.349 e. The SMILES string of the molecule is CC(C)Cn1c(=O)c2ccc(C(=O)NC3CCCCC3)cc2n2c(=O)n(Cc3ccc(Cl)cc3)nc12. The summed E-state index contributed by atoms with van der Waals surface area (Å²) < 4.78 is 4.35. The maximum Gasteiger partial charge on any atom is 0.352 e. The predicted molar refractivity (Wildman–Crippen MR) is 141 cm³/mol. The molecule has 8 nitrogen and oxygen atoms in total. The largest absolute Gasteiger partial charge is 0.352 e. The van der Waals surface area contributed by atoms with E-state index in [4.69, 9.17) is 11.6 Å². The Bertz CT molecular complexity index is 1540. The molecule has 1 N–H and O–H groups in total. The Labute approximate surface area is 213 Å². The number of carbonyl (C=O) groups excluding carboxylic acids is 1. The third-order valence-corrected chi connectivity index (χ3v) is 7.03. The number of benzene rings is 2. The summed E-state index contributed by atoms with van der Waals surface area (Å²) in [4.78, 5) is 40.1. The van der Waals surface area contributed by atoms with Crippen LogP contribution in [0.3, 0.4) is 0 Å². The highest BCUT2D eigenvalue weighted by Crippen LogP contribution is 2.19. The van der Waals surface area contributed by atoms with Gasteiger partial charge >= 0.3 is 5.69 Å². The number of halogens is 1. The second kappa shape index (κ2) is 9.93. The molecule has 0 atom stereocenters. The third-order valence-electron chi connectivity index (χ3n) is 6.77. The molecule has 1 fully saturated rings. The average Bonchev–Trinajstić information content (AvgIpc) is 3.19. The van der Waals surface area contributed by atoms with Gasteiger partial charge in [-0.1, -0.05) is 56.8 Å². The van der Waals surface area contributed by atoms with Gasteiger partial charge in [0.15, 0.2) is 0 Å². The first kappa shape index (κ1) is 24.3. The number of aromatic nitrogens is 4. The normalized spacial score (nSPS) is 14.7. The van der Waals surface area contributed by atoms with Gasteiger partial charge in [-0.25, -0.2) is 13.9 Å². The molecule has 0 aliphatic heterocycles. The highest BCUT2D eigenvalue weighted by atomic mass is 35.5. The summed E-state index contributed by atoms with van der Waals surface area (Å²) in [7, 11) is 0. The molecule has 5 rings (SSSR count). The number of fused-ring (bicyclic) bond motifs is 3. The lowest BCUT2D eigenvalue weighted by atomic mass is 9.95. The number of nitrogens with one attached hydrogen (secondary N) is 1. The third kappa shape index (κ3) is 4.69. The van der Waals surface area contributed by atoms with Crippen molar-refractivity contribution in [3.8, 4) is 0 Å². The van der Waals surface area contributed by atoms with Crippen LogP contribution >= 0.6 is 11.6 Å². The van der Waals surface area contributed by atoms with Crippen LogP contribution in [0, 0.1) is 5.92 Å². The van der Waals surface area contributed by atoms with Crippen LogP contribution in [0.1, 0.15) is 61.9 Å². The fraction of sp³-hybridized carbons (Fsp3) is 0.407. The fourth-order valence-electron chi connectivity index (χ4n) is 4.97. The number of carbonyl (C=O) groups is 1. The van der Waals surface area contributed by atoms with Crippen LogP contribution < -0.4 is 16.6 Å². The van der Waals surface area contributed by atoms with Crippen molar-refractivity contribution in [3.05, 3.63) is 79.5 Å². The summed E-state index contributed by atoms with van der Waals surface area (Å²) in [5, 5.41) is 8.66. The van der Waals surface area contributed by atoms with Crippen molar-refractivity contribution in [2.45, 2.75) is 65.1 Å². The molecule has 0 radical (unpaired) electrons. The first-order valence-corrected chi connectivity index (χ1v) is 12.9. The van der Waals surface area contributed by atoms with Gasteiger partial charge in [-0.3, -0.25) is 14.2 Å². The molecule has 1 amide bonds. The zero-order chi connectivity index (χ0) is 25.4. The molecular formula is C27H30ClN5O3. The molecule has 1 aliphatic carbocycles. The van der Waals surface area contributed by atoms with Crippen molar-refractivity contribution in [3.63, 3.8) is 0 Å². The standard InChI is InChI=1S/C27H30ClN5O3/c1-17(2)15-31-25(35)22-13-10-19(24(34)29-21-6-4-3-5-7-21)14-23(22)33-26(31)30-32(27(33)36)16-18-8-11-20(28)12-9-18/h8-14,17,21H,3-7,15-16H2,1-2H3,(H,29,34). The van der Waals surface area contributed by atoms with Crippen LogP contribution in [-0.2, 0) is 13.1 Å². The number of amides is 1. The number of nitrogens with zero attached hydrogens (tertiary/aromatic N) is 4. The van der Waals surface area contributed by atoms with E-state index in [1.165, 1.54) is 15.5 Å². The number of hydrogen-bond acceptors (Lipinski definition) is 4. The molecule has 36 heavy (non-hydrogen) atoms. The molecule has 188 valence electrons. The van der Waals surface area contributed by atoms with Gasteiger partial charge in [0, 0.05) is 23.2 Å². The minimum Gasteiger partial charge on any atom is -0.349 e. The summed E-state index contributed by atoms with van der Waals surface area (Å²) in [5.74, 6) is 0.246. The summed E-state index contributed by atoms with van der Waals surface area (Å²) >= 11 is 6.00. The van der Waals surface area contributed by atoms with Crippen LogP contribution in [0.2, 0.25) is 5.02 Å². The summed E-state index contributed by atoms with van der Waals surface area (Å²) in [5.41, 5.74) is 1.08. The van der Waals surface area contributed by atoms with Crippen molar-refractivity contribution in [1.82, 2.24) is 24.1 Å². The summed E-state index contributed by atoms with van der Waals surface area (Å²) in [6, 6.07) is 12.3. The van der Waals surface area contributed by atoms with E-state index in [1.807, 2.05) is 26.0 Å². The molecule has 1 saturated carbocycles. The van der Waals surface area contributed by atoms with E-state index < -0.39 is 0 Å². The van der Waals surface area contributed by atoms with E-state index in [2.05, 4.69) is 10.4 Å². The van der Waals surface area contributed by atoms with Crippen molar-refractivity contribution < 1.29 is 4.79 Å². The molecule has 1 aliphatic rings. The van der Waals surface area contributed by atoms with Crippen LogP contribution in [0.5, 0.6) is 0 Å². The molecule has 2 aromatic carbocycles. The fourth-order valence-corrected chi connectivity index (χ4v) is 5.09. The number of hydrogen-bond donors (Lipinski definition) is 1. The Balaban J connectivity index is 1.64. The summed E-state index contributed by atoms with van der Waals surface area (Å²) in [6.45, 7) is 4.67. The zero-order valence-corrected chi connectivity index (χ0v) is 21.3. The Morgan fingerprint density at radius 3 is 2.50 bits per heavy atom. The molecule has 4 aromatic rings. The lowest BCUT2D eigenvalue weighted by Crippen LogP contribution is -2.36. The van der Waals surface area contributed by atoms with Crippen molar-refractivity contribution in [2.24, 2.45) is 5.92 Å². The number of rotatable bonds is 6. The molecule has 0 saturated heterocycles. The van der Waals surface area contributed by atoms with Crippen molar-refractivity contribution in [2.75, 3.05) is 0 Å². The topological polar surface area (TPSA) is 90.4 Å². The Morgan fingerprint density at radius 2 is 1.81 bits per heavy atom. The van der Waals surface area contributed by atoms with E-state index in [1.54, 1.807) is 34.9 Å². The molecule has 0 spiro atoms. The molecule has 0 bridgehead atoms. The quantitative estimate of drug-likeness (QED) is 0.423. The van der Waals surface area contributed by atoms with Gasteiger partial charge in [-0.2, -0.15) is 0 Å². The van der Waals surface area contributed by atoms with E-state index in [-0.39, 0.29) is 41.4 Å². The lowest BCUT2D eigenvalue weighted by Gasteiger charge is -2.22. The first-order chi connectivity index (χ1) is 17.3. The average molecular weight is 508 g/mol. The minimum absolute atomic E-state index is 0.158. The van der Waals surface area contributed by atoms with E-state index in [0.717, 1.165) is 31.2 Å². The molecular weight excluding hydrogens is 478 g/mol. The van der Waals surface area contributed by atoms with E-state index in [0.29, 0.717) is 28.0 Å². The van der Waals surface area contributed by atoms with Gasteiger partial charge < -0.3 is 5.32 Å². The maximum absolute atomic E-state index is 13.6. The van der Waals surface area contributed by atoms with Crippen LogP contribution in [-0.4, -0.2) is 30.7 Å². The van der Waals surface area contributed by atoms with Crippen LogP contribution in [0.15, 0.2) is 52.1 Å². The van der Waals surface area contributed by atoms with Gasteiger partial charge in [0.25, 0.3) is 11.5 Å². The molecule has 2 heterocycles. The summed E-state index contributed by atoms with van der Waals surface area (Å²) in [6.07, 6.45) is 5.37. The predicted octanol–water partition coefficient (Wildman–Crippen LogP) is 4.23. The van der Waals surface area contributed by atoms with Crippen molar-refractivity contribution in [1.29, 1.82) is 0 Å². The highest BCUT2D eigenvalue weighted by molar-refractivity contribution is 6.30. The first-order valence-electron chi connectivity index (χ1n) is 12.5. The maximum atomic E-state index is 13.6. The van der Waals surface area contributed by atoms with E-state index in [9.17, 15) is 14.4 Å². The highest BCUT2D eigenvalue weighted by Gasteiger charge is 2.21. The van der Waals surface area contributed by atoms with Gasteiger partial charge in [-0.15, -0.1) is 5.10 Å². The Morgan fingerprint density at radius 1 is 1.08 bits per heavy atom. The monoisotopic (exact) mass is 507 g/mol. The minimum atomic E-state index is -0.368. The van der Waals surface area contributed by atoms with Crippen LogP contribution in [0.25, 0.3) is 16.7 Å². The molecule has 9 heteroatoms. The van der Waals surface area contributed by atoms with Gasteiger partial charge in [0.2, 0.25) is 5.78 Å². The Hall–Kier alpha value is -3.39. The second-order valence-electron chi connectivity index (χ2n) is 10.1. The van der Waals surface area contributed by atoms with Crippen LogP contribution in [0.4, 0.5) is 0 Å². The second-order valence-corrected chi connectivity index (χ2v) is 10.5. The zero-order valence-electron chi connectivity index (χ0n) is 20.5. The van der Waals surface area contributed by atoms with Gasteiger partial charge in [0.05, 0.1) is 17.4 Å². The Kier molecular flexibility index (Phi) is 6.71. The van der Waals surface area contributed by atoms with Gasteiger partial charge in [0.1, 0.15) is 0 Å². The van der Waals surface area contributed by atoms with E-state index >= 15 is 0 Å². The van der Waals surface area contributed by atoms with Gasteiger partial charge in [-0.05, 0) is 54.7 Å². The van der Waals surface area contributed by atoms with Crippen molar-refractivity contribution >= 4 is 34.2 Å².